The highest BCUT2D eigenvalue weighted by atomic mass is 19.1. The number of nitrogens with zero attached hydrogens (tertiary/aromatic N) is 9. The molecule has 0 aliphatic heterocycles. The van der Waals surface area contributed by atoms with E-state index in [1.165, 1.54) is 17.1 Å². The molecule has 5 aromatic rings. The quantitative estimate of drug-likeness (QED) is 0.412. The Morgan fingerprint density at radius 1 is 1.06 bits per heavy atom. The van der Waals surface area contributed by atoms with E-state index in [1.807, 2.05) is 36.7 Å². The van der Waals surface area contributed by atoms with Crippen LogP contribution in [0.2, 0.25) is 0 Å². The zero-order valence-corrected chi connectivity index (χ0v) is 19.0. The van der Waals surface area contributed by atoms with Crippen LogP contribution in [-0.4, -0.2) is 53.6 Å². The van der Waals surface area contributed by atoms with Crippen LogP contribution in [-0.2, 0) is 0 Å². The summed E-state index contributed by atoms with van der Waals surface area (Å²) in [7, 11) is 3.76. The lowest BCUT2D eigenvalue weighted by Gasteiger charge is -2.15. The third-order valence-electron chi connectivity index (χ3n) is 5.66. The van der Waals surface area contributed by atoms with Crippen LogP contribution in [0.15, 0.2) is 55.4 Å². The molecule has 5 rings (SSSR count). The van der Waals surface area contributed by atoms with Crippen molar-refractivity contribution >= 4 is 22.8 Å². The minimum Gasteiger partial charge on any atom is -0.383 e. The van der Waals surface area contributed by atoms with Crippen molar-refractivity contribution in [2.45, 2.75) is 19.4 Å². The lowest BCUT2D eigenvalue weighted by Crippen LogP contribution is -2.12. The average molecular weight is 459 g/mol. The van der Waals surface area contributed by atoms with Gasteiger partial charge in [-0.05, 0) is 18.6 Å². The maximum absolute atomic E-state index is 14.3. The van der Waals surface area contributed by atoms with Crippen LogP contribution in [0.25, 0.3) is 27.8 Å². The van der Waals surface area contributed by atoms with Gasteiger partial charge in [-0.1, -0.05) is 24.3 Å². The molecule has 1 atom stereocenters. The van der Waals surface area contributed by atoms with Crippen molar-refractivity contribution in [3.8, 4) is 16.8 Å². The fourth-order valence-corrected chi connectivity index (χ4v) is 3.99. The molecule has 0 amide bonds. The predicted octanol–water partition coefficient (Wildman–Crippen LogP) is 3.26. The summed E-state index contributed by atoms with van der Waals surface area (Å²) in [5.41, 5.74) is 9.55. The lowest BCUT2D eigenvalue weighted by atomic mass is 10.1. The van der Waals surface area contributed by atoms with Gasteiger partial charge in [0, 0.05) is 43.8 Å². The number of rotatable bonds is 6. The van der Waals surface area contributed by atoms with Gasteiger partial charge in [0.15, 0.2) is 0 Å². The molecule has 10 nitrogen and oxygen atoms in total. The highest BCUT2D eigenvalue weighted by Crippen LogP contribution is 2.36. The Kier molecular flexibility index (Phi) is 5.36. The molecule has 1 aromatic carbocycles. The molecule has 4 aromatic heterocycles. The Bertz CT molecular complexity index is 1450. The SMILES string of the molecule is CC[C@@H](c1cn(-c2ccccc2F)nn1)n1cc(-c2cnc(N(C)C)nc2)c2c(N)ncnc21. The largest absolute Gasteiger partial charge is 0.383 e. The summed E-state index contributed by atoms with van der Waals surface area (Å²) in [6.45, 7) is 2.04. The lowest BCUT2D eigenvalue weighted by molar-refractivity contribution is 0.564. The van der Waals surface area contributed by atoms with E-state index >= 15 is 0 Å². The number of nitrogens with two attached hydrogens (primary N) is 1. The normalized spacial score (nSPS) is 12.2. The van der Waals surface area contributed by atoms with Gasteiger partial charge in [-0.3, -0.25) is 0 Å². The highest BCUT2D eigenvalue weighted by Gasteiger charge is 2.23. The molecule has 0 spiro atoms. The smallest absolute Gasteiger partial charge is 0.224 e. The van der Waals surface area contributed by atoms with Crippen LogP contribution in [0.4, 0.5) is 16.2 Å². The van der Waals surface area contributed by atoms with Crippen molar-refractivity contribution in [3.05, 3.63) is 66.9 Å². The first-order valence-electron chi connectivity index (χ1n) is 10.8. The first kappa shape index (κ1) is 21.4. The number of fused-ring (bicyclic) bond motifs is 1. The number of aromatic nitrogens is 8. The van der Waals surface area contributed by atoms with Gasteiger partial charge in [-0.25, -0.2) is 29.0 Å². The molecule has 11 heteroatoms. The molecule has 0 fully saturated rings. The van der Waals surface area contributed by atoms with Crippen molar-refractivity contribution in [1.82, 2.24) is 39.5 Å². The molecule has 0 saturated heterocycles. The van der Waals surface area contributed by atoms with Gasteiger partial charge in [-0.2, -0.15) is 0 Å². The Labute approximate surface area is 194 Å². The van der Waals surface area contributed by atoms with Crippen molar-refractivity contribution in [1.29, 1.82) is 0 Å². The number of hydrogen-bond donors (Lipinski definition) is 1. The van der Waals surface area contributed by atoms with E-state index in [4.69, 9.17) is 5.73 Å². The van der Waals surface area contributed by atoms with Gasteiger partial charge in [0.1, 0.15) is 35.0 Å². The van der Waals surface area contributed by atoms with E-state index in [-0.39, 0.29) is 11.9 Å². The van der Waals surface area contributed by atoms with Crippen molar-refractivity contribution in [2.75, 3.05) is 24.7 Å². The second-order valence-electron chi connectivity index (χ2n) is 8.04. The summed E-state index contributed by atoms with van der Waals surface area (Å²) in [4.78, 5) is 19.4. The first-order chi connectivity index (χ1) is 16.5. The molecule has 0 aliphatic rings. The summed E-state index contributed by atoms with van der Waals surface area (Å²) in [5, 5.41) is 9.22. The maximum atomic E-state index is 14.3. The van der Waals surface area contributed by atoms with E-state index in [2.05, 4.69) is 30.2 Å². The van der Waals surface area contributed by atoms with E-state index in [9.17, 15) is 4.39 Å². The Morgan fingerprint density at radius 2 is 1.82 bits per heavy atom. The standard InChI is InChI=1S/C23H23FN10/c1-4-18(17-12-34(31-30-17)19-8-6-5-7-16(19)24)33-11-15(20-21(25)28-13-29-22(20)33)14-9-26-23(27-10-14)32(2)3/h5-13,18H,4H2,1-3H3,(H2,25,28,29)/t18-/m0/s1. The molecule has 0 radical (unpaired) electrons. The van der Waals surface area contributed by atoms with Crippen LogP contribution in [0.5, 0.6) is 0 Å². The first-order valence-corrected chi connectivity index (χ1v) is 10.8. The van der Waals surface area contributed by atoms with Crippen molar-refractivity contribution in [3.63, 3.8) is 0 Å². The van der Waals surface area contributed by atoms with E-state index < -0.39 is 0 Å². The minimum absolute atomic E-state index is 0.215. The van der Waals surface area contributed by atoms with Crippen molar-refractivity contribution in [2.24, 2.45) is 0 Å². The molecule has 0 unspecified atom stereocenters. The Balaban J connectivity index is 1.62. The van der Waals surface area contributed by atoms with Gasteiger partial charge in [-0.15, -0.1) is 5.10 Å². The maximum Gasteiger partial charge on any atom is 0.224 e. The monoisotopic (exact) mass is 458 g/mol. The summed E-state index contributed by atoms with van der Waals surface area (Å²) < 4.78 is 17.7. The third-order valence-corrected chi connectivity index (χ3v) is 5.66. The van der Waals surface area contributed by atoms with Gasteiger partial charge >= 0.3 is 0 Å². The van der Waals surface area contributed by atoms with Crippen LogP contribution >= 0.6 is 0 Å². The molecule has 172 valence electrons. The van der Waals surface area contributed by atoms with Crippen LogP contribution in [0.3, 0.4) is 0 Å². The Hall–Kier alpha value is -4.41. The van der Waals surface area contributed by atoms with E-state index in [1.54, 1.807) is 36.8 Å². The summed E-state index contributed by atoms with van der Waals surface area (Å²) in [6, 6.07) is 6.23. The average Bonchev–Trinajstić information content (AvgIpc) is 3.47. The predicted molar refractivity (Wildman–Crippen MR) is 127 cm³/mol. The number of halogens is 1. The summed E-state index contributed by atoms with van der Waals surface area (Å²) >= 11 is 0. The summed E-state index contributed by atoms with van der Waals surface area (Å²) in [5.74, 6) is 0.593. The minimum atomic E-state index is -0.373. The topological polar surface area (TPSA) is 116 Å². The number of nitrogen functional groups attached to an aromatic ring is 1. The Morgan fingerprint density at radius 3 is 2.53 bits per heavy atom. The van der Waals surface area contributed by atoms with Crippen molar-refractivity contribution < 1.29 is 4.39 Å². The zero-order chi connectivity index (χ0) is 23.8. The molecule has 34 heavy (non-hydrogen) atoms. The number of hydrogen-bond acceptors (Lipinski definition) is 8. The molecule has 2 N–H and O–H groups in total. The van der Waals surface area contributed by atoms with Crippen LogP contribution in [0, 0.1) is 5.82 Å². The number of anilines is 2. The molecule has 0 saturated carbocycles. The van der Waals surface area contributed by atoms with Crippen LogP contribution < -0.4 is 10.6 Å². The van der Waals surface area contributed by atoms with Gasteiger partial charge in [0.25, 0.3) is 0 Å². The summed E-state index contributed by atoms with van der Waals surface area (Å²) in [6.07, 6.45) is 9.33. The third kappa shape index (κ3) is 3.60. The van der Waals surface area contributed by atoms with Gasteiger partial charge < -0.3 is 15.2 Å². The highest BCUT2D eigenvalue weighted by molar-refractivity contribution is 6.00. The molecular formula is C23H23FN10. The zero-order valence-electron chi connectivity index (χ0n) is 19.0. The van der Waals surface area contributed by atoms with Gasteiger partial charge in [0.2, 0.25) is 5.95 Å². The van der Waals surface area contributed by atoms with E-state index in [0.717, 1.165) is 11.1 Å². The molecule has 4 heterocycles. The second kappa shape index (κ2) is 8.50. The molecule has 0 bridgehead atoms. The second-order valence-corrected chi connectivity index (χ2v) is 8.04. The van der Waals surface area contributed by atoms with Gasteiger partial charge in [0.05, 0.1) is 17.6 Å². The number of para-hydroxylation sites is 1. The molecular weight excluding hydrogens is 435 g/mol. The number of benzene rings is 1. The van der Waals surface area contributed by atoms with Crippen LogP contribution in [0.1, 0.15) is 25.1 Å². The fraction of sp³-hybridized carbons (Fsp3) is 0.217. The van der Waals surface area contributed by atoms with E-state index in [0.29, 0.717) is 40.6 Å². The molecule has 0 aliphatic carbocycles. The fourth-order valence-electron chi connectivity index (χ4n) is 3.99.